The van der Waals surface area contributed by atoms with Crippen LogP contribution in [-0.4, -0.2) is 17.4 Å². The van der Waals surface area contributed by atoms with E-state index in [1.54, 1.807) is 0 Å². The third kappa shape index (κ3) is 2.13. The number of esters is 1. The molecule has 0 aromatic heterocycles. The van der Waals surface area contributed by atoms with Crippen molar-refractivity contribution in [3.05, 3.63) is 11.3 Å². The van der Waals surface area contributed by atoms with Crippen LogP contribution < -0.4 is 34.7 Å². The van der Waals surface area contributed by atoms with Gasteiger partial charge in [-0.3, -0.25) is 4.79 Å². The van der Waals surface area contributed by atoms with Crippen molar-refractivity contribution in [1.82, 2.24) is 0 Å². The molecule has 0 radical (unpaired) electrons. The summed E-state index contributed by atoms with van der Waals surface area (Å²) >= 11 is 0. The number of Topliss-reactive ketones (excluding diaryl/α,β-unsaturated/α-hetero) is 1. The van der Waals surface area contributed by atoms with Gasteiger partial charge in [0, 0.05) is 0 Å². The second-order valence-electron chi connectivity index (χ2n) is 3.16. The Bertz CT molecular complexity index is 291. The normalized spacial score (nSPS) is 19.5. The average Bonchev–Trinajstić information content (AvgIpc) is 2.02. The molecule has 5 heteroatoms. The van der Waals surface area contributed by atoms with E-state index in [0.29, 0.717) is 0 Å². The molecule has 0 saturated carbocycles. The van der Waals surface area contributed by atoms with E-state index < -0.39 is 23.1 Å². The molecule has 4 nitrogen and oxygen atoms in total. The third-order valence-corrected chi connectivity index (χ3v) is 1.68. The Balaban J connectivity index is 0.00000144. The van der Waals surface area contributed by atoms with Gasteiger partial charge in [-0.05, 0) is 20.8 Å². The molecule has 0 bridgehead atoms. The molecule has 0 atom stereocenters. The Morgan fingerprint density at radius 1 is 1.46 bits per heavy atom. The van der Waals surface area contributed by atoms with E-state index in [9.17, 15) is 14.7 Å². The zero-order valence-electron chi connectivity index (χ0n) is 8.13. The summed E-state index contributed by atoms with van der Waals surface area (Å²) in [7, 11) is 0. The molecule has 1 rings (SSSR count). The molecule has 0 aromatic carbocycles. The standard InChI is InChI=1S/C8H10O4.Na/c1-4(9)5-6(10)8(2,3)12-7(5)11;/h10H,1-3H3;/q;+1/p-1. The van der Waals surface area contributed by atoms with Gasteiger partial charge in [0.25, 0.3) is 0 Å². The maximum Gasteiger partial charge on any atom is 1.00 e. The number of ketones is 1. The van der Waals surface area contributed by atoms with E-state index in [2.05, 4.69) is 4.74 Å². The first-order chi connectivity index (χ1) is 5.36. The topological polar surface area (TPSA) is 66.4 Å². The average molecular weight is 192 g/mol. The minimum atomic E-state index is -1.17. The molecule has 0 aromatic rings. The van der Waals surface area contributed by atoms with Crippen LogP contribution in [0.2, 0.25) is 0 Å². The Labute approximate surface area is 98.2 Å². The van der Waals surface area contributed by atoms with Gasteiger partial charge in [-0.2, -0.15) is 0 Å². The zero-order chi connectivity index (χ0) is 9.52. The van der Waals surface area contributed by atoms with E-state index in [4.69, 9.17) is 0 Å². The first kappa shape index (κ1) is 12.7. The number of hydrogen-bond acceptors (Lipinski definition) is 4. The molecule has 0 amide bonds. The summed E-state index contributed by atoms with van der Waals surface area (Å²) < 4.78 is 4.69. The monoisotopic (exact) mass is 192 g/mol. The number of carbonyl (C=O) groups is 2. The van der Waals surface area contributed by atoms with Gasteiger partial charge in [0.05, 0.1) is 5.57 Å². The van der Waals surface area contributed by atoms with E-state index in [1.807, 2.05) is 0 Å². The minimum absolute atomic E-state index is 0. The maximum absolute atomic E-state index is 11.3. The molecule has 1 aliphatic heterocycles. The Hall–Kier alpha value is -0.320. The van der Waals surface area contributed by atoms with Crippen molar-refractivity contribution in [2.24, 2.45) is 0 Å². The molecule has 0 aliphatic carbocycles. The van der Waals surface area contributed by atoms with E-state index in [0.717, 1.165) is 0 Å². The maximum atomic E-state index is 11.3. The van der Waals surface area contributed by atoms with Crippen molar-refractivity contribution in [2.45, 2.75) is 26.4 Å². The molecule has 1 heterocycles. The summed E-state index contributed by atoms with van der Waals surface area (Å²) in [5.41, 5.74) is -1.52. The molecule has 1 aliphatic rings. The van der Waals surface area contributed by atoms with Gasteiger partial charge in [0.15, 0.2) is 5.78 Å². The van der Waals surface area contributed by atoms with Crippen molar-refractivity contribution in [1.29, 1.82) is 0 Å². The van der Waals surface area contributed by atoms with Crippen molar-refractivity contribution < 1.29 is 49.0 Å². The molecular weight excluding hydrogens is 183 g/mol. The van der Waals surface area contributed by atoms with Gasteiger partial charge in [0.1, 0.15) is 5.60 Å². The smallest absolute Gasteiger partial charge is 0.872 e. The van der Waals surface area contributed by atoms with Crippen molar-refractivity contribution >= 4 is 11.8 Å². The SMILES string of the molecule is CC(=O)C1=C([O-])C(C)(C)OC1=O.[Na+]. The van der Waals surface area contributed by atoms with Gasteiger partial charge in [-0.15, -0.1) is 0 Å². The van der Waals surface area contributed by atoms with E-state index in [-0.39, 0.29) is 35.1 Å². The van der Waals surface area contributed by atoms with E-state index >= 15 is 0 Å². The number of carbonyl (C=O) groups excluding carboxylic acids is 2. The molecule has 13 heavy (non-hydrogen) atoms. The molecular formula is C8H9NaO4. The molecule has 0 fully saturated rings. The number of ether oxygens (including phenoxy) is 1. The summed E-state index contributed by atoms with van der Waals surface area (Å²) in [6, 6.07) is 0. The van der Waals surface area contributed by atoms with Crippen LogP contribution in [-0.2, 0) is 14.3 Å². The predicted molar refractivity (Wildman–Crippen MR) is 37.9 cm³/mol. The fraction of sp³-hybridized carbons (Fsp3) is 0.500. The van der Waals surface area contributed by atoms with Crippen molar-refractivity contribution in [3.8, 4) is 0 Å². The van der Waals surface area contributed by atoms with Crippen LogP contribution in [0.1, 0.15) is 20.8 Å². The van der Waals surface area contributed by atoms with E-state index in [1.165, 1.54) is 20.8 Å². The van der Waals surface area contributed by atoms with Gasteiger partial charge in [0.2, 0.25) is 0 Å². The fourth-order valence-electron chi connectivity index (χ4n) is 1.03. The first-order valence-electron chi connectivity index (χ1n) is 3.52. The quantitative estimate of drug-likeness (QED) is 0.246. The number of cyclic esters (lactones) is 1. The van der Waals surface area contributed by atoms with Gasteiger partial charge in [-0.1, -0.05) is 5.76 Å². The van der Waals surface area contributed by atoms with Crippen LogP contribution in [0.3, 0.4) is 0 Å². The molecule has 0 saturated heterocycles. The number of rotatable bonds is 1. The Kier molecular flexibility index (Phi) is 3.72. The van der Waals surface area contributed by atoms with Crippen LogP contribution >= 0.6 is 0 Å². The molecule has 0 unspecified atom stereocenters. The molecule has 0 N–H and O–H groups in total. The Morgan fingerprint density at radius 3 is 2.08 bits per heavy atom. The number of hydrogen-bond donors (Lipinski definition) is 0. The summed E-state index contributed by atoms with van der Waals surface area (Å²) in [5, 5.41) is 11.3. The first-order valence-corrected chi connectivity index (χ1v) is 3.52. The summed E-state index contributed by atoms with van der Waals surface area (Å²) in [6.45, 7) is 4.10. The largest absolute Gasteiger partial charge is 1.00 e. The fourth-order valence-corrected chi connectivity index (χ4v) is 1.03. The predicted octanol–water partition coefficient (Wildman–Crippen LogP) is -3.47. The van der Waals surface area contributed by atoms with Gasteiger partial charge >= 0.3 is 35.5 Å². The van der Waals surface area contributed by atoms with Crippen LogP contribution in [0.25, 0.3) is 0 Å². The minimum Gasteiger partial charge on any atom is -0.872 e. The van der Waals surface area contributed by atoms with Crippen LogP contribution in [0.15, 0.2) is 11.3 Å². The van der Waals surface area contributed by atoms with Crippen LogP contribution in [0, 0.1) is 0 Å². The van der Waals surface area contributed by atoms with Crippen molar-refractivity contribution in [2.75, 3.05) is 0 Å². The molecule has 0 spiro atoms. The van der Waals surface area contributed by atoms with Gasteiger partial charge < -0.3 is 9.84 Å². The van der Waals surface area contributed by atoms with Crippen LogP contribution in [0.5, 0.6) is 0 Å². The molecule has 66 valence electrons. The summed E-state index contributed by atoms with van der Waals surface area (Å²) in [6.07, 6.45) is 0. The second kappa shape index (κ2) is 3.82. The third-order valence-electron chi connectivity index (χ3n) is 1.68. The zero-order valence-corrected chi connectivity index (χ0v) is 10.1. The second-order valence-corrected chi connectivity index (χ2v) is 3.16. The summed E-state index contributed by atoms with van der Waals surface area (Å²) in [4.78, 5) is 21.7. The van der Waals surface area contributed by atoms with Crippen LogP contribution in [0.4, 0.5) is 0 Å². The van der Waals surface area contributed by atoms with Gasteiger partial charge in [-0.25, -0.2) is 4.79 Å². The van der Waals surface area contributed by atoms with Crippen molar-refractivity contribution in [3.63, 3.8) is 0 Å². The Morgan fingerprint density at radius 2 is 1.92 bits per heavy atom. The summed E-state index contributed by atoms with van der Waals surface area (Å²) in [5.74, 6) is -1.87.